The molecule has 0 unspecified atom stereocenters. The SMILES string of the molecule is CN=C(NCCCCC(=O)OC)N(C)Cc1ccccc1OC. The molecule has 0 atom stereocenters. The lowest BCUT2D eigenvalue weighted by Gasteiger charge is -2.23. The Morgan fingerprint density at radius 3 is 2.65 bits per heavy atom. The second-order valence-electron chi connectivity index (χ2n) is 5.18. The molecule has 128 valence electrons. The lowest BCUT2D eigenvalue weighted by molar-refractivity contribution is -0.140. The van der Waals surface area contributed by atoms with Gasteiger partial charge < -0.3 is 19.7 Å². The quantitative estimate of drug-likeness (QED) is 0.344. The molecule has 0 aliphatic carbocycles. The molecule has 0 amide bonds. The number of nitrogens with zero attached hydrogens (tertiary/aromatic N) is 2. The van der Waals surface area contributed by atoms with Crippen molar-refractivity contribution >= 4 is 11.9 Å². The predicted octanol–water partition coefficient (Wildman–Crippen LogP) is 2.05. The second kappa shape index (κ2) is 10.5. The van der Waals surface area contributed by atoms with E-state index in [9.17, 15) is 4.79 Å². The number of ether oxygens (including phenoxy) is 2. The zero-order valence-electron chi connectivity index (χ0n) is 14.5. The molecule has 6 nitrogen and oxygen atoms in total. The molecular weight excluding hydrogens is 294 g/mol. The maximum absolute atomic E-state index is 11.1. The molecular formula is C17H27N3O3. The topological polar surface area (TPSA) is 63.2 Å². The summed E-state index contributed by atoms with van der Waals surface area (Å²) in [5, 5.41) is 3.30. The molecule has 0 fully saturated rings. The highest BCUT2D eigenvalue weighted by Crippen LogP contribution is 2.18. The number of rotatable bonds is 8. The standard InChI is InChI=1S/C17H27N3O3/c1-18-17(19-12-8-7-11-16(21)23-4)20(2)13-14-9-5-6-10-15(14)22-3/h5-6,9-10H,7-8,11-13H2,1-4H3,(H,18,19). The fourth-order valence-corrected chi connectivity index (χ4v) is 2.25. The average Bonchev–Trinajstić information content (AvgIpc) is 2.58. The van der Waals surface area contributed by atoms with Crippen molar-refractivity contribution in [2.75, 3.05) is 34.9 Å². The summed E-state index contributed by atoms with van der Waals surface area (Å²) in [6, 6.07) is 7.94. The minimum atomic E-state index is -0.164. The minimum Gasteiger partial charge on any atom is -0.496 e. The van der Waals surface area contributed by atoms with Crippen molar-refractivity contribution in [3.63, 3.8) is 0 Å². The number of esters is 1. The number of hydrogen-bond acceptors (Lipinski definition) is 4. The van der Waals surface area contributed by atoms with Crippen LogP contribution in [0.1, 0.15) is 24.8 Å². The summed E-state index contributed by atoms with van der Waals surface area (Å²) in [6.45, 7) is 1.46. The van der Waals surface area contributed by atoms with E-state index in [4.69, 9.17) is 4.74 Å². The van der Waals surface area contributed by atoms with E-state index in [0.717, 1.165) is 36.7 Å². The van der Waals surface area contributed by atoms with E-state index < -0.39 is 0 Å². The van der Waals surface area contributed by atoms with Crippen molar-refractivity contribution in [1.82, 2.24) is 10.2 Å². The van der Waals surface area contributed by atoms with Crippen molar-refractivity contribution in [1.29, 1.82) is 0 Å². The summed E-state index contributed by atoms with van der Waals surface area (Å²) in [5.41, 5.74) is 1.10. The van der Waals surface area contributed by atoms with Gasteiger partial charge in [-0.3, -0.25) is 9.79 Å². The lowest BCUT2D eigenvalue weighted by Crippen LogP contribution is -2.38. The predicted molar refractivity (Wildman–Crippen MR) is 91.7 cm³/mol. The van der Waals surface area contributed by atoms with E-state index in [-0.39, 0.29) is 5.97 Å². The highest BCUT2D eigenvalue weighted by Gasteiger charge is 2.09. The Bertz CT molecular complexity index is 518. The van der Waals surface area contributed by atoms with Crippen LogP contribution >= 0.6 is 0 Å². The molecule has 1 aromatic carbocycles. The van der Waals surface area contributed by atoms with Gasteiger partial charge in [-0.2, -0.15) is 0 Å². The number of carbonyl (C=O) groups is 1. The van der Waals surface area contributed by atoms with E-state index in [1.807, 2.05) is 36.2 Å². The van der Waals surface area contributed by atoms with Crippen LogP contribution in [-0.2, 0) is 16.1 Å². The van der Waals surface area contributed by atoms with Gasteiger partial charge in [-0.25, -0.2) is 0 Å². The largest absolute Gasteiger partial charge is 0.496 e. The van der Waals surface area contributed by atoms with Gasteiger partial charge in [0.05, 0.1) is 14.2 Å². The van der Waals surface area contributed by atoms with Crippen molar-refractivity contribution in [2.45, 2.75) is 25.8 Å². The van der Waals surface area contributed by atoms with Gasteiger partial charge in [-0.15, -0.1) is 0 Å². The van der Waals surface area contributed by atoms with Gasteiger partial charge in [0.1, 0.15) is 5.75 Å². The van der Waals surface area contributed by atoms with E-state index in [1.165, 1.54) is 7.11 Å². The van der Waals surface area contributed by atoms with Crippen LogP contribution in [0, 0.1) is 0 Å². The Labute approximate surface area is 138 Å². The van der Waals surface area contributed by atoms with Gasteiger partial charge in [0.25, 0.3) is 0 Å². The summed E-state index contributed by atoms with van der Waals surface area (Å²) >= 11 is 0. The number of hydrogen-bond donors (Lipinski definition) is 1. The van der Waals surface area contributed by atoms with Crippen LogP contribution in [0.3, 0.4) is 0 Å². The van der Waals surface area contributed by atoms with Gasteiger partial charge >= 0.3 is 5.97 Å². The summed E-state index contributed by atoms with van der Waals surface area (Å²) < 4.78 is 10.00. The molecule has 1 aromatic rings. The Morgan fingerprint density at radius 1 is 1.26 bits per heavy atom. The third-order valence-corrected chi connectivity index (χ3v) is 3.49. The Hall–Kier alpha value is -2.24. The fraction of sp³-hybridized carbons (Fsp3) is 0.529. The molecule has 0 heterocycles. The van der Waals surface area contributed by atoms with Crippen LogP contribution in [0.2, 0.25) is 0 Å². The molecule has 0 saturated heterocycles. The lowest BCUT2D eigenvalue weighted by atomic mass is 10.2. The van der Waals surface area contributed by atoms with Gasteiger partial charge in [0, 0.05) is 39.2 Å². The normalized spacial score (nSPS) is 11.0. The molecule has 0 radical (unpaired) electrons. The van der Waals surface area contributed by atoms with E-state index in [0.29, 0.717) is 13.0 Å². The number of benzene rings is 1. The van der Waals surface area contributed by atoms with Crippen molar-refractivity contribution < 1.29 is 14.3 Å². The second-order valence-corrected chi connectivity index (χ2v) is 5.18. The zero-order valence-corrected chi connectivity index (χ0v) is 14.5. The third kappa shape index (κ3) is 6.59. The first-order valence-electron chi connectivity index (χ1n) is 7.72. The highest BCUT2D eigenvalue weighted by molar-refractivity contribution is 5.79. The Balaban J connectivity index is 2.43. The van der Waals surface area contributed by atoms with Crippen LogP contribution < -0.4 is 10.1 Å². The van der Waals surface area contributed by atoms with Gasteiger partial charge in [0.15, 0.2) is 5.96 Å². The Morgan fingerprint density at radius 2 is 2.00 bits per heavy atom. The molecule has 0 saturated carbocycles. The third-order valence-electron chi connectivity index (χ3n) is 3.49. The molecule has 0 aliphatic heterocycles. The first kappa shape index (κ1) is 18.8. The summed E-state index contributed by atoms with van der Waals surface area (Å²) in [5.74, 6) is 1.52. The van der Waals surface area contributed by atoms with Gasteiger partial charge in [-0.1, -0.05) is 18.2 Å². The van der Waals surface area contributed by atoms with Crippen LogP contribution in [0.5, 0.6) is 5.75 Å². The molecule has 1 rings (SSSR count). The molecule has 0 bridgehead atoms. The Kier molecular flexibility index (Phi) is 8.57. The van der Waals surface area contributed by atoms with Crippen molar-refractivity contribution in [3.05, 3.63) is 29.8 Å². The van der Waals surface area contributed by atoms with Gasteiger partial charge in [-0.05, 0) is 18.9 Å². The summed E-state index contributed by atoms with van der Waals surface area (Å²) in [7, 11) is 6.83. The number of methoxy groups -OCH3 is 2. The van der Waals surface area contributed by atoms with E-state index >= 15 is 0 Å². The molecule has 23 heavy (non-hydrogen) atoms. The summed E-state index contributed by atoms with van der Waals surface area (Å²) in [4.78, 5) is 17.4. The zero-order chi connectivity index (χ0) is 17.1. The maximum atomic E-state index is 11.1. The van der Waals surface area contributed by atoms with Crippen LogP contribution in [-0.4, -0.2) is 51.7 Å². The minimum absolute atomic E-state index is 0.164. The fourth-order valence-electron chi connectivity index (χ4n) is 2.25. The smallest absolute Gasteiger partial charge is 0.305 e. The van der Waals surface area contributed by atoms with Crippen LogP contribution in [0.15, 0.2) is 29.3 Å². The van der Waals surface area contributed by atoms with E-state index in [2.05, 4.69) is 15.0 Å². The molecule has 6 heteroatoms. The number of para-hydroxylation sites is 1. The molecule has 1 N–H and O–H groups in total. The average molecular weight is 321 g/mol. The van der Waals surface area contributed by atoms with Crippen molar-refractivity contribution in [3.8, 4) is 5.75 Å². The first-order chi connectivity index (χ1) is 11.1. The van der Waals surface area contributed by atoms with Crippen molar-refractivity contribution in [2.24, 2.45) is 4.99 Å². The monoisotopic (exact) mass is 321 g/mol. The van der Waals surface area contributed by atoms with Crippen LogP contribution in [0.25, 0.3) is 0 Å². The molecule has 0 aliphatic rings. The number of unbranched alkanes of at least 4 members (excludes halogenated alkanes) is 1. The highest BCUT2D eigenvalue weighted by atomic mass is 16.5. The summed E-state index contributed by atoms with van der Waals surface area (Å²) in [6.07, 6.45) is 2.14. The molecule has 0 aromatic heterocycles. The number of guanidine groups is 1. The first-order valence-corrected chi connectivity index (χ1v) is 7.72. The van der Waals surface area contributed by atoms with Crippen LogP contribution in [0.4, 0.5) is 0 Å². The van der Waals surface area contributed by atoms with Gasteiger partial charge in [0.2, 0.25) is 0 Å². The molecule has 0 spiro atoms. The number of nitrogens with one attached hydrogen (secondary N) is 1. The number of carbonyl (C=O) groups excluding carboxylic acids is 1. The maximum Gasteiger partial charge on any atom is 0.305 e. The van der Waals surface area contributed by atoms with E-state index in [1.54, 1.807) is 14.2 Å². The number of aliphatic imine (C=N–C) groups is 1.